The number of nitrogen functional groups attached to an aromatic ring is 1. The Kier molecular flexibility index (Phi) is 7.21. The van der Waals surface area contributed by atoms with Gasteiger partial charge in [-0.2, -0.15) is 26.3 Å². The van der Waals surface area contributed by atoms with Gasteiger partial charge >= 0.3 is 12.4 Å². The highest BCUT2D eigenvalue weighted by molar-refractivity contribution is 7.99. The SMILES string of the molecule is Nc1ccc(SCC(F)(F)F)cc1-c1cc(C(=O)NCc2cccc(C(F)(F)F)c2)ccn1. The first kappa shape index (κ1) is 24.4. The molecule has 1 aromatic heterocycles. The van der Waals surface area contributed by atoms with E-state index in [9.17, 15) is 31.1 Å². The predicted octanol–water partition coefficient (Wildman–Crippen LogP) is 5.93. The van der Waals surface area contributed by atoms with E-state index in [1.165, 1.54) is 48.7 Å². The summed E-state index contributed by atoms with van der Waals surface area (Å²) in [4.78, 5) is 17.0. The third-order valence-electron chi connectivity index (χ3n) is 4.43. The number of hydrogen-bond donors (Lipinski definition) is 2. The molecule has 0 aliphatic rings. The van der Waals surface area contributed by atoms with Crippen LogP contribution in [0, 0.1) is 0 Å². The first-order valence-electron chi connectivity index (χ1n) is 9.42. The topological polar surface area (TPSA) is 68.0 Å². The minimum atomic E-state index is -4.49. The van der Waals surface area contributed by atoms with E-state index in [2.05, 4.69) is 10.3 Å². The number of nitrogens with one attached hydrogen (secondary N) is 1. The molecule has 0 radical (unpaired) electrons. The van der Waals surface area contributed by atoms with Crippen LogP contribution in [-0.4, -0.2) is 22.8 Å². The van der Waals surface area contributed by atoms with Crippen molar-refractivity contribution in [3.8, 4) is 11.3 Å². The van der Waals surface area contributed by atoms with Crippen molar-refractivity contribution >= 4 is 23.4 Å². The number of nitrogens with two attached hydrogens (primary N) is 1. The Morgan fingerprint density at radius 1 is 1.00 bits per heavy atom. The van der Waals surface area contributed by atoms with Crippen molar-refractivity contribution in [1.29, 1.82) is 0 Å². The number of alkyl halides is 6. The van der Waals surface area contributed by atoms with E-state index >= 15 is 0 Å². The molecule has 0 saturated carbocycles. The standard InChI is InChI=1S/C22H17F6N3OS/c23-21(24,25)12-33-16-4-5-18(29)17(10-16)19-9-14(6-7-30-19)20(32)31-11-13-2-1-3-15(8-13)22(26,27)28/h1-10H,11-12,29H2,(H,31,32). The van der Waals surface area contributed by atoms with Gasteiger partial charge in [-0.05, 0) is 48.0 Å². The van der Waals surface area contributed by atoms with Crippen LogP contribution in [0.4, 0.5) is 32.0 Å². The van der Waals surface area contributed by atoms with Crippen molar-refractivity contribution in [1.82, 2.24) is 10.3 Å². The third-order valence-corrected chi connectivity index (χ3v) is 5.49. The lowest BCUT2D eigenvalue weighted by Gasteiger charge is -2.11. The van der Waals surface area contributed by atoms with E-state index in [-0.39, 0.29) is 29.1 Å². The van der Waals surface area contributed by atoms with Crippen LogP contribution in [0.2, 0.25) is 0 Å². The van der Waals surface area contributed by atoms with Crippen LogP contribution >= 0.6 is 11.8 Å². The quantitative estimate of drug-likeness (QED) is 0.258. The number of pyridine rings is 1. The summed E-state index contributed by atoms with van der Waals surface area (Å²) in [6.45, 7) is -0.133. The Labute approximate surface area is 189 Å². The minimum Gasteiger partial charge on any atom is -0.398 e. The molecule has 3 aromatic rings. The monoisotopic (exact) mass is 485 g/mol. The summed E-state index contributed by atoms with van der Waals surface area (Å²) in [5, 5.41) is 2.54. The first-order chi connectivity index (χ1) is 15.4. The van der Waals surface area contributed by atoms with Crippen molar-refractivity contribution in [2.45, 2.75) is 23.8 Å². The van der Waals surface area contributed by atoms with Crippen molar-refractivity contribution in [3.63, 3.8) is 0 Å². The number of anilines is 1. The molecule has 0 unspecified atom stereocenters. The van der Waals surface area contributed by atoms with Crippen LogP contribution in [0.5, 0.6) is 0 Å². The lowest BCUT2D eigenvalue weighted by molar-refractivity contribution is -0.137. The van der Waals surface area contributed by atoms with Gasteiger partial charge in [0.05, 0.1) is 17.0 Å². The lowest BCUT2D eigenvalue weighted by Crippen LogP contribution is -2.23. The Morgan fingerprint density at radius 3 is 2.45 bits per heavy atom. The van der Waals surface area contributed by atoms with Crippen molar-refractivity contribution in [3.05, 3.63) is 77.5 Å². The molecule has 1 heterocycles. The van der Waals surface area contributed by atoms with Crippen LogP contribution < -0.4 is 11.1 Å². The molecular formula is C22H17F6N3OS. The molecule has 3 N–H and O–H groups in total. The van der Waals surface area contributed by atoms with E-state index in [1.54, 1.807) is 0 Å². The van der Waals surface area contributed by atoms with Gasteiger partial charge in [0.2, 0.25) is 0 Å². The minimum absolute atomic E-state index is 0.133. The van der Waals surface area contributed by atoms with Gasteiger partial charge in [0.1, 0.15) is 0 Å². The van der Waals surface area contributed by atoms with Crippen LogP contribution in [0.15, 0.2) is 65.7 Å². The zero-order valence-corrected chi connectivity index (χ0v) is 17.6. The van der Waals surface area contributed by atoms with Gasteiger partial charge in [0, 0.05) is 34.5 Å². The van der Waals surface area contributed by atoms with Gasteiger partial charge in [0.25, 0.3) is 5.91 Å². The number of nitrogens with zero attached hydrogens (tertiary/aromatic N) is 1. The summed E-state index contributed by atoms with van der Waals surface area (Å²) in [5.41, 5.74) is 6.46. The van der Waals surface area contributed by atoms with Gasteiger partial charge < -0.3 is 11.1 Å². The van der Waals surface area contributed by atoms with Crippen LogP contribution in [-0.2, 0) is 12.7 Å². The average Bonchev–Trinajstić information content (AvgIpc) is 2.76. The van der Waals surface area contributed by atoms with Crippen molar-refractivity contribution < 1.29 is 31.1 Å². The molecule has 3 rings (SSSR count). The molecule has 0 aliphatic carbocycles. The number of carbonyl (C=O) groups excluding carboxylic acids is 1. The summed E-state index contributed by atoms with van der Waals surface area (Å²) in [7, 11) is 0. The number of thioether (sulfide) groups is 1. The fourth-order valence-corrected chi connectivity index (χ4v) is 3.57. The number of amides is 1. The number of rotatable bonds is 6. The number of halogens is 6. The van der Waals surface area contributed by atoms with Gasteiger partial charge in [0.15, 0.2) is 0 Å². The molecule has 0 bridgehead atoms. The van der Waals surface area contributed by atoms with E-state index in [4.69, 9.17) is 5.73 Å². The van der Waals surface area contributed by atoms with Crippen molar-refractivity contribution in [2.24, 2.45) is 0 Å². The maximum absolute atomic E-state index is 12.8. The summed E-state index contributed by atoms with van der Waals surface area (Å²) < 4.78 is 76.0. The zero-order chi connectivity index (χ0) is 24.2. The number of benzene rings is 2. The summed E-state index contributed by atoms with van der Waals surface area (Å²) in [5.74, 6) is -1.63. The second-order valence-corrected chi connectivity index (χ2v) is 8.01. The number of carbonyl (C=O) groups is 1. The van der Waals surface area contributed by atoms with Crippen LogP contribution in [0.1, 0.15) is 21.5 Å². The largest absolute Gasteiger partial charge is 0.416 e. The van der Waals surface area contributed by atoms with Crippen molar-refractivity contribution in [2.75, 3.05) is 11.5 Å². The second-order valence-electron chi connectivity index (χ2n) is 6.96. The summed E-state index contributed by atoms with van der Waals surface area (Å²) >= 11 is 0.596. The molecule has 0 aliphatic heterocycles. The molecule has 1 amide bonds. The van der Waals surface area contributed by atoms with Crippen LogP contribution in [0.25, 0.3) is 11.3 Å². The van der Waals surface area contributed by atoms with Gasteiger partial charge in [-0.25, -0.2) is 0 Å². The Balaban J connectivity index is 1.75. The Hall–Kier alpha value is -3.21. The fraction of sp³-hybridized carbons (Fsp3) is 0.182. The van der Waals surface area contributed by atoms with Crippen LogP contribution in [0.3, 0.4) is 0 Å². The highest BCUT2D eigenvalue weighted by Crippen LogP contribution is 2.33. The molecule has 0 spiro atoms. The highest BCUT2D eigenvalue weighted by atomic mass is 32.2. The molecule has 4 nitrogen and oxygen atoms in total. The first-order valence-corrected chi connectivity index (χ1v) is 10.4. The number of hydrogen-bond acceptors (Lipinski definition) is 4. The van der Waals surface area contributed by atoms with Gasteiger partial charge in [-0.15, -0.1) is 11.8 Å². The molecule has 33 heavy (non-hydrogen) atoms. The van der Waals surface area contributed by atoms with E-state index in [1.807, 2.05) is 0 Å². The molecule has 0 fully saturated rings. The Morgan fingerprint density at radius 2 is 1.76 bits per heavy atom. The molecule has 0 atom stereocenters. The highest BCUT2D eigenvalue weighted by Gasteiger charge is 2.30. The Bertz CT molecular complexity index is 1150. The molecule has 174 valence electrons. The molecule has 0 saturated heterocycles. The summed E-state index contributed by atoms with van der Waals surface area (Å²) in [6, 6.07) is 11.8. The smallest absolute Gasteiger partial charge is 0.398 e. The van der Waals surface area contributed by atoms with E-state index in [0.29, 0.717) is 22.2 Å². The average molecular weight is 485 g/mol. The maximum atomic E-state index is 12.8. The zero-order valence-electron chi connectivity index (χ0n) is 16.8. The van der Waals surface area contributed by atoms with Gasteiger partial charge in [-0.1, -0.05) is 12.1 Å². The van der Waals surface area contributed by atoms with E-state index in [0.717, 1.165) is 12.1 Å². The fourth-order valence-electron chi connectivity index (χ4n) is 2.87. The van der Waals surface area contributed by atoms with Gasteiger partial charge in [-0.3, -0.25) is 9.78 Å². The van der Waals surface area contributed by atoms with E-state index < -0.39 is 29.6 Å². The maximum Gasteiger partial charge on any atom is 0.416 e. The normalized spacial score (nSPS) is 11.9. The molecular weight excluding hydrogens is 468 g/mol. The molecule has 2 aromatic carbocycles. The summed E-state index contributed by atoms with van der Waals surface area (Å²) in [6.07, 6.45) is -7.49. The third kappa shape index (κ3) is 6.88. The number of aromatic nitrogens is 1. The predicted molar refractivity (Wildman–Crippen MR) is 113 cm³/mol. The molecule has 11 heteroatoms. The second kappa shape index (κ2) is 9.74. The lowest BCUT2D eigenvalue weighted by atomic mass is 10.1.